The van der Waals surface area contributed by atoms with Gasteiger partial charge in [-0.3, -0.25) is 0 Å². The van der Waals surface area contributed by atoms with Gasteiger partial charge in [-0.2, -0.15) is 0 Å². The molecule has 246 valence electrons. The molecule has 0 unspecified atom stereocenters. The van der Waals surface area contributed by atoms with Crippen molar-refractivity contribution in [3.05, 3.63) is 60.3 Å². The van der Waals surface area contributed by atoms with Crippen molar-refractivity contribution in [2.24, 2.45) is 5.92 Å². The zero-order valence-corrected chi connectivity index (χ0v) is 28.9. The number of aliphatic hydroxyl groups is 2. The lowest BCUT2D eigenvalue weighted by Crippen LogP contribution is -2.43. The first-order chi connectivity index (χ1) is 20.6. The molecule has 0 saturated heterocycles. The Hall–Kier alpha value is -2.25. The molecule has 0 aliphatic carbocycles. The van der Waals surface area contributed by atoms with E-state index in [9.17, 15) is 15.0 Å². The summed E-state index contributed by atoms with van der Waals surface area (Å²) in [5.41, 5.74) is 2.36. The maximum absolute atomic E-state index is 10.7. The van der Waals surface area contributed by atoms with Crippen LogP contribution in [0.15, 0.2) is 60.3 Å². The van der Waals surface area contributed by atoms with E-state index >= 15 is 0 Å². The van der Waals surface area contributed by atoms with E-state index in [2.05, 4.69) is 78.3 Å². The number of aliphatic carboxylic acids is 1. The van der Waals surface area contributed by atoms with E-state index in [0.29, 0.717) is 31.8 Å². The third-order valence-corrected chi connectivity index (χ3v) is 13.1. The second-order valence-electron chi connectivity index (χ2n) is 13.9. The highest BCUT2D eigenvalue weighted by atomic mass is 28.4. The number of rotatable bonds is 15. The largest absolute Gasteiger partial charge is 0.472 e. The molecule has 2 aliphatic heterocycles. The lowest BCUT2D eigenvalue weighted by molar-refractivity contribution is -0.130. The minimum absolute atomic E-state index is 0.0418. The summed E-state index contributed by atoms with van der Waals surface area (Å²) >= 11 is 0. The minimum atomic E-state index is -2.08. The molecular weight excluding hydrogens is 572 g/mol. The highest BCUT2D eigenvalue weighted by molar-refractivity contribution is 6.74. The van der Waals surface area contributed by atoms with E-state index in [4.69, 9.17) is 19.0 Å². The molecule has 0 saturated carbocycles. The van der Waals surface area contributed by atoms with E-state index in [1.54, 1.807) is 6.08 Å². The fourth-order valence-electron chi connectivity index (χ4n) is 5.09. The maximum Gasteiger partial charge on any atom is 0.381 e. The molecule has 0 radical (unpaired) electrons. The van der Waals surface area contributed by atoms with E-state index in [0.717, 1.165) is 31.3 Å². The summed E-state index contributed by atoms with van der Waals surface area (Å²) < 4.78 is 18.6. The second-order valence-corrected chi connectivity index (χ2v) is 18.7. The van der Waals surface area contributed by atoms with Gasteiger partial charge in [-0.05, 0) is 69.5 Å². The summed E-state index contributed by atoms with van der Waals surface area (Å²) in [6.45, 7) is 20.4. The fourth-order valence-corrected chi connectivity index (χ4v) is 6.37. The normalized spacial score (nSPS) is 23.9. The van der Waals surface area contributed by atoms with Gasteiger partial charge in [0.15, 0.2) is 8.32 Å². The van der Waals surface area contributed by atoms with E-state index in [1.807, 2.05) is 24.3 Å². The van der Waals surface area contributed by atoms with Gasteiger partial charge in [-0.25, -0.2) is 4.79 Å². The summed E-state index contributed by atoms with van der Waals surface area (Å²) in [4.78, 5) is 10.7. The number of carboxylic acids is 1. The molecule has 2 rings (SSSR count). The predicted octanol–water partition coefficient (Wildman–Crippen LogP) is 6.89. The fraction of sp³-hybridized carbons (Fsp3) is 0.639. The summed E-state index contributed by atoms with van der Waals surface area (Å²) in [5.74, 6) is 4.04. The third kappa shape index (κ3) is 14.2. The quantitative estimate of drug-likeness (QED) is 0.103. The van der Waals surface area contributed by atoms with Gasteiger partial charge >= 0.3 is 5.97 Å². The monoisotopic (exact) mass is 628 g/mol. The summed E-state index contributed by atoms with van der Waals surface area (Å²) in [5, 5.41) is 29.9. The molecule has 0 aromatic rings. The van der Waals surface area contributed by atoms with Crippen LogP contribution < -0.4 is 0 Å². The topological polar surface area (TPSA) is 105 Å². The molecule has 0 aromatic carbocycles. The van der Waals surface area contributed by atoms with Gasteiger partial charge in [0.1, 0.15) is 0 Å². The molecular formula is C36H56O7Si. The van der Waals surface area contributed by atoms with Crippen LogP contribution in [-0.2, 0) is 18.7 Å². The van der Waals surface area contributed by atoms with Crippen LogP contribution in [0.3, 0.4) is 0 Å². The van der Waals surface area contributed by atoms with Gasteiger partial charge in [0.05, 0.1) is 43.2 Å². The molecule has 7 atom stereocenters. The zero-order valence-electron chi connectivity index (χ0n) is 27.9. The van der Waals surface area contributed by atoms with Gasteiger partial charge in [0, 0.05) is 12.3 Å². The first-order valence-electron chi connectivity index (χ1n) is 15.9. The third-order valence-electron chi connectivity index (χ3n) is 8.57. The van der Waals surface area contributed by atoms with Crippen molar-refractivity contribution < 1.29 is 34.0 Å². The SMILES string of the molecule is C=C(C[C@H](C)C[C@@H]1CC=C[C@@H](CC#CC(=O)O)O1)C[C@@H](/C=C/C[C@H](O)[C@@H](O)/C=C/[C@@H]1CC(C)=CCO1)O[Si](C)(C)C(C)(C)C. The Morgan fingerprint density at radius 2 is 1.98 bits per heavy atom. The summed E-state index contributed by atoms with van der Waals surface area (Å²) in [6, 6.07) is 0. The second kappa shape index (κ2) is 18.0. The number of hydrogen-bond donors (Lipinski definition) is 3. The molecule has 7 nitrogen and oxygen atoms in total. The molecule has 44 heavy (non-hydrogen) atoms. The molecule has 0 fully saturated rings. The van der Waals surface area contributed by atoms with Crippen molar-refractivity contribution in [1.82, 2.24) is 0 Å². The standard InChI is InChI=1S/C36H56O7Si/c1-26-20-21-41-30(23-26)18-19-34(38)33(37)16-10-15-32(43-44(7,8)36(4,5)6)25-28(3)22-27(2)24-31-14-9-12-29(42-31)13-11-17-35(39)40/h9-10,12,15,18-20,27,29-34,37-38H,3,13-14,16,21-25H2,1-2,4-8H3,(H,39,40)/b15-10+,19-18+/t27-,29-,30+,31-,32+,33-,34-/m0/s1. The zero-order chi connectivity index (χ0) is 32.9. The van der Waals surface area contributed by atoms with Crippen molar-refractivity contribution in [3.8, 4) is 11.8 Å². The van der Waals surface area contributed by atoms with Crippen molar-refractivity contribution in [1.29, 1.82) is 0 Å². The van der Waals surface area contributed by atoms with Crippen LogP contribution in [0.5, 0.6) is 0 Å². The van der Waals surface area contributed by atoms with Crippen LogP contribution >= 0.6 is 0 Å². The highest BCUT2D eigenvalue weighted by Gasteiger charge is 2.39. The Morgan fingerprint density at radius 1 is 1.25 bits per heavy atom. The van der Waals surface area contributed by atoms with Crippen LogP contribution in [0.25, 0.3) is 0 Å². The van der Waals surface area contributed by atoms with Gasteiger partial charge in [-0.15, -0.1) is 0 Å². The average Bonchev–Trinajstić information content (AvgIpc) is 2.90. The number of carboxylic acid groups (broad SMARTS) is 1. The predicted molar refractivity (Wildman–Crippen MR) is 180 cm³/mol. The van der Waals surface area contributed by atoms with Crippen molar-refractivity contribution >= 4 is 14.3 Å². The van der Waals surface area contributed by atoms with Crippen LogP contribution in [0.2, 0.25) is 18.1 Å². The van der Waals surface area contributed by atoms with Gasteiger partial charge in [0.25, 0.3) is 0 Å². The Balaban J connectivity index is 1.95. The molecule has 0 amide bonds. The van der Waals surface area contributed by atoms with Gasteiger partial charge < -0.3 is 29.2 Å². The number of ether oxygens (including phenoxy) is 2. The van der Waals surface area contributed by atoms with Crippen molar-refractivity contribution in [2.75, 3.05) is 6.61 Å². The smallest absolute Gasteiger partial charge is 0.381 e. The molecule has 0 spiro atoms. The summed E-state index contributed by atoms with van der Waals surface area (Å²) in [7, 11) is -2.08. The Kier molecular flexibility index (Phi) is 15.5. The number of aliphatic hydroxyl groups excluding tert-OH is 2. The first kappa shape index (κ1) is 37.9. The van der Waals surface area contributed by atoms with Crippen LogP contribution in [-0.4, -0.2) is 72.8 Å². The van der Waals surface area contributed by atoms with E-state index in [1.165, 1.54) is 5.57 Å². The molecule has 0 bridgehead atoms. The van der Waals surface area contributed by atoms with Crippen molar-refractivity contribution in [3.63, 3.8) is 0 Å². The number of carbonyl (C=O) groups is 1. The van der Waals surface area contributed by atoms with Crippen LogP contribution in [0, 0.1) is 17.8 Å². The molecule has 0 aromatic heterocycles. The Bertz CT molecular complexity index is 1120. The lowest BCUT2D eigenvalue weighted by atomic mass is 9.91. The van der Waals surface area contributed by atoms with Crippen LogP contribution in [0.1, 0.15) is 79.6 Å². The minimum Gasteiger partial charge on any atom is -0.472 e. The Morgan fingerprint density at radius 3 is 2.64 bits per heavy atom. The average molecular weight is 629 g/mol. The number of hydrogen-bond acceptors (Lipinski definition) is 6. The molecule has 2 aliphatic rings. The summed E-state index contributed by atoms with van der Waals surface area (Å²) in [6.07, 6.45) is 15.9. The van der Waals surface area contributed by atoms with Crippen LogP contribution in [0.4, 0.5) is 0 Å². The first-order valence-corrected chi connectivity index (χ1v) is 18.8. The molecule has 8 heteroatoms. The van der Waals surface area contributed by atoms with E-state index in [-0.39, 0.29) is 29.5 Å². The van der Waals surface area contributed by atoms with Gasteiger partial charge in [-0.1, -0.05) is 93.9 Å². The van der Waals surface area contributed by atoms with Gasteiger partial charge in [0.2, 0.25) is 0 Å². The van der Waals surface area contributed by atoms with Crippen molar-refractivity contribution in [2.45, 2.75) is 134 Å². The molecule has 3 N–H and O–H groups in total. The Labute approximate surface area is 266 Å². The lowest BCUT2D eigenvalue weighted by Gasteiger charge is -2.39. The van der Waals surface area contributed by atoms with E-state index < -0.39 is 26.5 Å². The maximum atomic E-state index is 10.7. The highest BCUT2D eigenvalue weighted by Crippen LogP contribution is 2.38. The molecule has 2 heterocycles.